The Morgan fingerprint density at radius 2 is 1.68 bits per heavy atom. The van der Waals surface area contributed by atoms with Crippen molar-refractivity contribution in [1.82, 2.24) is 5.32 Å². The van der Waals surface area contributed by atoms with E-state index in [-0.39, 0.29) is 12.2 Å². The summed E-state index contributed by atoms with van der Waals surface area (Å²) in [6, 6.07) is 23.9. The van der Waals surface area contributed by atoms with Crippen molar-refractivity contribution in [2.24, 2.45) is 4.99 Å². The maximum Gasteiger partial charge on any atom is 0.126 e. The highest BCUT2D eigenvalue weighted by molar-refractivity contribution is 6.01. The lowest BCUT2D eigenvalue weighted by atomic mass is 9.93. The summed E-state index contributed by atoms with van der Waals surface area (Å²) < 4.78 is 5.28. The fraction of sp³-hybridized carbons (Fsp3) is 0.208. The molecule has 0 bridgehead atoms. The van der Waals surface area contributed by atoms with Crippen LogP contribution in [-0.2, 0) is 0 Å². The van der Waals surface area contributed by atoms with Crippen LogP contribution >= 0.6 is 0 Å². The molecule has 4 rings (SSSR count). The van der Waals surface area contributed by atoms with Gasteiger partial charge in [0.25, 0.3) is 0 Å². The Morgan fingerprint density at radius 1 is 0.964 bits per heavy atom. The van der Waals surface area contributed by atoms with Crippen LogP contribution in [0.3, 0.4) is 0 Å². The number of benzene rings is 3. The van der Waals surface area contributed by atoms with Crippen molar-refractivity contribution < 1.29 is 9.84 Å². The molecule has 0 unspecified atom stereocenters. The fourth-order valence-corrected chi connectivity index (χ4v) is 3.57. The van der Waals surface area contributed by atoms with Crippen molar-refractivity contribution in [3.8, 4) is 11.5 Å². The number of aliphatic imine (C=N–C) groups is 1. The van der Waals surface area contributed by atoms with Gasteiger partial charge in [-0.15, -0.1) is 0 Å². The van der Waals surface area contributed by atoms with Crippen LogP contribution < -0.4 is 10.1 Å². The van der Waals surface area contributed by atoms with Gasteiger partial charge in [0, 0.05) is 23.7 Å². The van der Waals surface area contributed by atoms with Gasteiger partial charge < -0.3 is 9.84 Å². The Labute approximate surface area is 165 Å². The molecule has 4 heteroatoms. The highest BCUT2D eigenvalue weighted by atomic mass is 16.5. The number of ether oxygens (including phenoxy) is 1. The van der Waals surface area contributed by atoms with Gasteiger partial charge in [-0.25, -0.2) is 0 Å². The fourth-order valence-electron chi connectivity index (χ4n) is 3.57. The number of aromatic hydroxyl groups is 1. The molecule has 0 saturated heterocycles. The van der Waals surface area contributed by atoms with Crippen molar-refractivity contribution in [1.29, 1.82) is 0 Å². The number of hydrogen-bond donors (Lipinski definition) is 2. The van der Waals surface area contributed by atoms with Crippen LogP contribution in [0.4, 0.5) is 0 Å². The van der Waals surface area contributed by atoms with Gasteiger partial charge in [0.1, 0.15) is 17.7 Å². The molecule has 0 radical (unpaired) electrons. The molecule has 142 valence electrons. The highest BCUT2D eigenvalue weighted by Crippen LogP contribution is 2.34. The molecule has 4 nitrogen and oxygen atoms in total. The zero-order chi connectivity index (χ0) is 19.5. The summed E-state index contributed by atoms with van der Waals surface area (Å²) in [4.78, 5) is 5.00. The van der Waals surface area contributed by atoms with E-state index in [1.165, 1.54) is 5.56 Å². The van der Waals surface area contributed by atoms with E-state index in [0.717, 1.165) is 28.2 Å². The van der Waals surface area contributed by atoms with Gasteiger partial charge in [0.15, 0.2) is 0 Å². The van der Waals surface area contributed by atoms with E-state index in [1.54, 1.807) is 13.2 Å². The van der Waals surface area contributed by atoms with Crippen LogP contribution in [0.25, 0.3) is 0 Å². The topological polar surface area (TPSA) is 53.8 Å². The number of para-hydroxylation sites is 1. The SMILES string of the molecule is COc1ccc(C2=N[C@@H](c3ccc(C)cc3)N[C@H](c3ccccc3O)C2)cc1. The van der Waals surface area contributed by atoms with Crippen LogP contribution in [0.15, 0.2) is 77.8 Å². The molecule has 0 aliphatic carbocycles. The van der Waals surface area contributed by atoms with E-state index in [0.29, 0.717) is 12.2 Å². The first kappa shape index (κ1) is 18.3. The summed E-state index contributed by atoms with van der Waals surface area (Å²) in [6.45, 7) is 2.08. The lowest BCUT2D eigenvalue weighted by Crippen LogP contribution is -2.33. The summed E-state index contributed by atoms with van der Waals surface area (Å²) >= 11 is 0. The number of rotatable bonds is 4. The first-order valence-corrected chi connectivity index (χ1v) is 9.45. The molecular formula is C24H24N2O2. The second kappa shape index (κ2) is 7.87. The molecule has 0 fully saturated rings. The molecule has 3 aromatic carbocycles. The van der Waals surface area contributed by atoms with Crippen molar-refractivity contribution in [3.63, 3.8) is 0 Å². The lowest BCUT2D eigenvalue weighted by Gasteiger charge is -2.31. The van der Waals surface area contributed by atoms with Crippen molar-refractivity contribution in [2.75, 3.05) is 7.11 Å². The predicted molar refractivity (Wildman–Crippen MR) is 112 cm³/mol. The van der Waals surface area contributed by atoms with Crippen LogP contribution in [0.1, 0.15) is 40.9 Å². The maximum atomic E-state index is 10.4. The lowest BCUT2D eigenvalue weighted by molar-refractivity contribution is 0.412. The van der Waals surface area contributed by atoms with Crippen molar-refractivity contribution in [2.45, 2.75) is 25.6 Å². The van der Waals surface area contributed by atoms with Gasteiger partial charge in [-0.05, 0) is 48.4 Å². The van der Waals surface area contributed by atoms with Crippen LogP contribution in [0.2, 0.25) is 0 Å². The first-order valence-electron chi connectivity index (χ1n) is 9.45. The van der Waals surface area contributed by atoms with Gasteiger partial charge in [0.05, 0.1) is 7.11 Å². The molecule has 0 saturated carbocycles. The van der Waals surface area contributed by atoms with E-state index >= 15 is 0 Å². The maximum absolute atomic E-state index is 10.4. The van der Waals surface area contributed by atoms with Crippen LogP contribution in [-0.4, -0.2) is 17.9 Å². The minimum absolute atomic E-state index is 0.0258. The van der Waals surface area contributed by atoms with E-state index in [9.17, 15) is 5.11 Å². The first-order chi connectivity index (χ1) is 13.6. The molecule has 0 amide bonds. The Kier molecular flexibility index (Phi) is 5.13. The van der Waals surface area contributed by atoms with E-state index in [1.807, 2.05) is 42.5 Å². The van der Waals surface area contributed by atoms with Gasteiger partial charge in [0.2, 0.25) is 0 Å². The molecule has 28 heavy (non-hydrogen) atoms. The molecule has 1 aliphatic rings. The summed E-state index contributed by atoms with van der Waals surface area (Å²) in [5.74, 6) is 1.13. The number of aryl methyl sites for hydroxylation is 1. The zero-order valence-corrected chi connectivity index (χ0v) is 16.1. The Bertz CT molecular complexity index is 978. The third-order valence-electron chi connectivity index (χ3n) is 5.17. The smallest absolute Gasteiger partial charge is 0.126 e. The normalized spacial score (nSPS) is 19.1. The van der Waals surface area contributed by atoms with E-state index < -0.39 is 0 Å². The minimum Gasteiger partial charge on any atom is -0.508 e. The third kappa shape index (κ3) is 3.78. The summed E-state index contributed by atoms with van der Waals surface area (Å²) in [5.41, 5.74) is 5.30. The third-order valence-corrected chi connectivity index (χ3v) is 5.17. The number of phenols is 1. The van der Waals surface area contributed by atoms with Gasteiger partial charge >= 0.3 is 0 Å². The van der Waals surface area contributed by atoms with Crippen molar-refractivity contribution >= 4 is 5.71 Å². The quantitative estimate of drug-likeness (QED) is 0.683. The summed E-state index contributed by atoms with van der Waals surface area (Å²) in [5, 5.41) is 14.0. The van der Waals surface area contributed by atoms with E-state index in [4.69, 9.17) is 9.73 Å². The van der Waals surface area contributed by atoms with Crippen LogP contribution in [0.5, 0.6) is 11.5 Å². The van der Waals surface area contributed by atoms with Gasteiger partial charge in [-0.3, -0.25) is 10.3 Å². The predicted octanol–water partition coefficient (Wildman–Crippen LogP) is 4.93. The Hall–Kier alpha value is -3.11. The number of hydrogen-bond acceptors (Lipinski definition) is 4. The zero-order valence-electron chi connectivity index (χ0n) is 16.1. The number of nitrogens with zero attached hydrogens (tertiary/aromatic N) is 1. The number of phenolic OH excluding ortho intramolecular Hbond substituents is 1. The Balaban J connectivity index is 1.73. The average Bonchev–Trinajstić information content (AvgIpc) is 2.74. The molecule has 2 atom stereocenters. The molecule has 3 aromatic rings. The molecule has 0 aromatic heterocycles. The van der Waals surface area contributed by atoms with Gasteiger partial charge in [-0.1, -0.05) is 48.0 Å². The largest absolute Gasteiger partial charge is 0.508 e. The summed E-state index contributed by atoms with van der Waals surface area (Å²) in [6.07, 6.45) is 0.530. The minimum atomic E-state index is -0.170. The molecule has 0 spiro atoms. The number of methoxy groups -OCH3 is 1. The standard InChI is InChI=1S/C24H24N2O2/c1-16-7-9-18(10-8-16)24-25-21(17-11-13-19(28-2)14-12-17)15-22(26-24)20-5-3-4-6-23(20)27/h3-14,22,24,26-27H,15H2,1-2H3/t22-,24+/m0/s1. The second-order valence-electron chi connectivity index (χ2n) is 7.10. The highest BCUT2D eigenvalue weighted by Gasteiger charge is 2.27. The van der Waals surface area contributed by atoms with Crippen molar-refractivity contribution in [3.05, 3.63) is 95.1 Å². The van der Waals surface area contributed by atoms with Gasteiger partial charge in [-0.2, -0.15) is 0 Å². The molecular weight excluding hydrogens is 348 g/mol. The number of nitrogens with one attached hydrogen (secondary N) is 1. The molecule has 1 aliphatic heterocycles. The van der Waals surface area contributed by atoms with Crippen LogP contribution in [0, 0.1) is 6.92 Å². The molecule has 1 heterocycles. The average molecular weight is 372 g/mol. The molecule has 2 N–H and O–H groups in total. The monoisotopic (exact) mass is 372 g/mol. The second-order valence-corrected chi connectivity index (χ2v) is 7.10. The van der Waals surface area contributed by atoms with E-state index in [2.05, 4.69) is 36.5 Å². The summed E-state index contributed by atoms with van der Waals surface area (Å²) in [7, 11) is 1.67. The Morgan fingerprint density at radius 3 is 2.36 bits per heavy atom.